The molecule has 3 heteroatoms. The summed E-state index contributed by atoms with van der Waals surface area (Å²) < 4.78 is 25.9. The number of hydrogen-bond donors (Lipinski definition) is 1. The number of hydrogen-bond acceptors (Lipinski definition) is 1. The Kier molecular flexibility index (Phi) is 1.29. The van der Waals surface area contributed by atoms with Crippen LogP contribution < -0.4 is 5.73 Å². The molecule has 0 unspecified atom stereocenters. The van der Waals surface area contributed by atoms with Gasteiger partial charge in [-0.1, -0.05) is 0 Å². The summed E-state index contributed by atoms with van der Waals surface area (Å²) in [5.74, 6) is -0.980. The topological polar surface area (TPSA) is 26.0 Å². The Morgan fingerprint density at radius 3 is 1.93 bits per heavy atom. The average Bonchev–Trinajstić information content (AvgIpc) is 1.94. The van der Waals surface area contributed by atoms with Gasteiger partial charge < -0.3 is 5.73 Å². The molecule has 74 valence electrons. The number of rotatable bonds is 1. The first kappa shape index (κ1) is 8.36. The van der Waals surface area contributed by atoms with Crippen LogP contribution in [0.2, 0.25) is 0 Å². The monoisotopic (exact) mass is 195 g/mol. The zero-order valence-electron chi connectivity index (χ0n) is 7.69. The molecule has 3 aliphatic rings. The molecule has 3 aliphatic carbocycles. The Balaban J connectivity index is 1.98. The van der Waals surface area contributed by atoms with Crippen molar-refractivity contribution < 1.29 is 8.78 Å². The highest BCUT2D eigenvalue weighted by Gasteiger charge is 2.66. The summed E-state index contributed by atoms with van der Waals surface area (Å²) in [6.07, 6.45) is 2.63. The molecule has 0 spiro atoms. The largest absolute Gasteiger partial charge is 0.325 e. The van der Waals surface area contributed by atoms with Gasteiger partial charge in [-0.15, -0.1) is 0 Å². The van der Waals surface area contributed by atoms with Crippen LogP contribution in [-0.2, 0) is 5.41 Å². The van der Waals surface area contributed by atoms with Crippen LogP contribution in [0.25, 0.3) is 0 Å². The Hall–Kier alpha value is -0.960. The molecule has 0 radical (unpaired) electrons. The molecule has 3 saturated carbocycles. The van der Waals surface area contributed by atoms with Gasteiger partial charge in [0.15, 0.2) is 0 Å². The molecule has 3 fully saturated rings. The lowest BCUT2D eigenvalue weighted by atomic mass is 9.38. The van der Waals surface area contributed by atoms with Crippen molar-refractivity contribution in [1.82, 2.24) is 0 Å². The molecule has 4 rings (SSSR count). The second kappa shape index (κ2) is 2.16. The highest BCUT2D eigenvalue weighted by molar-refractivity contribution is 5.41. The molecule has 2 N–H and O–H groups in total. The second-order valence-corrected chi connectivity index (χ2v) is 4.83. The van der Waals surface area contributed by atoms with Crippen molar-refractivity contribution in [2.75, 3.05) is 0 Å². The van der Waals surface area contributed by atoms with Crippen molar-refractivity contribution >= 4 is 0 Å². The lowest BCUT2D eigenvalue weighted by Gasteiger charge is -2.69. The molecule has 1 aromatic carbocycles. The molecule has 0 saturated heterocycles. The van der Waals surface area contributed by atoms with E-state index in [0.29, 0.717) is 0 Å². The average molecular weight is 195 g/mol. The Morgan fingerprint density at radius 1 is 1.00 bits per heavy atom. The predicted molar refractivity (Wildman–Crippen MR) is 48.8 cm³/mol. The molecular formula is C11H11F2N. The molecule has 0 atom stereocenters. The van der Waals surface area contributed by atoms with Crippen LogP contribution in [0.3, 0.4) is 0 Å². The molecule has 0 heterocycles. The molecule has 2 bridgehead atoms. The van der Waals surface area contributed by atoms with Gasteiger partial charge in [-0.05, 0) is 37.0 Å². The quantitative estimate of drug-likeness (QED) is 0.729. The SMILES string of the molecule is NC12CC(c3cc(F)cc(F)c3)(C1)C2. The first-order valence-corrected chi connectivity index (χ1v) is 4.77. The molecule has 1 nitrogen and oxygen atoms in total. The van der Waals surface area contributed by atoms with Gasteiger partial charge in [-0.25, -0.2) is 8.78 Å². The van der Waals surface area contributed by atoms with Gasteiger partial charge in [0, 0.05) is 17.0 Å². The van der Waals surface area contributed by atoms with Gasteiger partial charge in [-0.3, -0.25) is 0 Å². The third-order valence-corrected chi connectivity index (χ3v) is 3.55. The van der Waals surface area contributed by atoms with Gasteiger partial charge in [0.05, 0.1) is 0 Å². The lowest BCUT2D eigenvalue weighted by Crippen LogP contribution is -2.74. The van der Waals surface area contributed by atoms with Crippen LogP contribution in [0.4, 0.5) is 8.78 Å². The van der Waals surface area contributed by atoms with Gasteiger partial charge in [0.25, 0.3) is 0 Å². The van der Waals surface area contributed by atoms with E-state index < -0.39 is 11.6 Å². The normalized spacial score (nSPS) is 38.8. The van der Waals surface area contributed by atoms with Crippen LogP contribution in [0, 0.1) is 11.6 Å². The van der Waals surface area contributed by atoms with Crippen LogP contribution in [0.1, 0.15) is 24.8 Å². The Bertz CT molecular complexity index is 374. The maximum atomic E-state index is 13.0. The fraction of sp³-hybridized carbons (Fsp3) is 0.455. The summed E-state index contributed by atoms with van der Waals surface area (Å²) in [7, 11) is 0. The van der Waals surface area contributed by atoms with E-state index in [4.69, 9.17) is 5.73 Å². The van der Waals surface area contributed by atoms with E-state index in [0.717, 1.165) is 30.9 Å². The van der Waals surface area contributed by atoms with Crippen LogP contribution >= 0.6 is 0 Å². The molecule has 1 aromatic rings. The second-order valence-electron chi connectivity index (χ2n) is 4.83. The van der Waals surface area contributed by atoms with Crippen LogP contribution in [0.15, 0.2) is 18.2 Å². The fourth-order valence-corrected chi connectivity index (χ4v) is 3.03. The van der Waals surface area contributed by atoms with E-state index in [2.05, 4.69) is 0 Å². The van der Waals surface area contributed by atoms with Gasteiger partial charge in [0.2, 0.25) is 0 Å². The number of nitrogens with two attached hydrogens (primary N) is 1. The zero-order chi connectivity index (χ0) is 9.97. The van der Waals surface area contributed by atoms with Crippen LogP contribution in [0.5, 0.6) is 0 Å². The van der Waals surface area contributed by atoms with Crippen LogP contribution in [-0.4, -0.2) is 5.54 Å². The van der Waals surface area contributed by atoms with Crippen molar-refractivity contribution in [3.8, 4) is 0 Å². The van der Waals surface area contributed by atoms with E-state index in [1.54, 1.807) is 0 Å². The smallest absolute Gasteiger partial charge is 0.126 e. The Morgan fingerprint density at radius 2 is 1.50 bits per heavy atom. The summed E-state index contributed by atoms with van der Waals surface area (Å²) in [5.41, 5.74) is 6.65. The standard InChI is InChI=1S/C11H11F2N/c12-8-1-7(2-9(13)3-8)10-4-11(14,5-10)6-10/h1-3H,4-6,14H2. The van der Waals surface area contributed by atoms with Crippen molar-refractivity contribution in [2.45, 2.75) is 30.2 Å². The third kappa shape index (κ3) is 0.906. The maximum absolute atomic E-state index is 13.0. The minimum absolute atomic E-state index is 0.00229. The van der Waals surface area contributed by atoms with E-state index >= 15 is 0 Å². The van der Waals surface area contributed by atoms with Gasteiger partial charge >= 0.3 is 0 Å². The summed E-state index contributed by atoms with van der Waals surface area (Å²) in [5, 5.41) is 0. The minimum atomic E-state index is -0.490. The van der Waals surface area contributed by atoms with Crippen molar-refractivity contribution in [2.24, 2.45) is 5.73 Å². The van der Waals surface area contributed by atoms with Crippen molar-refractivity contribution in [3.05, 3.63) is 35.4 Å². The van der Waals surface area contributed by atoms with Gasteiger partial charge in [-0.2, -0.15) is 0 Å². The summed E-state index contributed by atoms with van der Waals surface area (Å²) in [6, 6.07) is 3.77. The van der Waals surface area contributed by atoms with E-state index in [9.17, 15) is 8.78 Å². The van der Waals surface area contributed by atoms with E-state index in [-0.39, 0.29) is 11.0 Å². The van der Waals surface area contributed by atoms with Crippen molar-refractivity contribution in [3.63, 3.8) is 0 Å². The summed E-state index contributed by atoms with van der Waals surface area (Å²) in [4.78, 5) is 0. The highest BCUT2D eigenvalue weighted by Crippen LogP contribution is 2.66. The lowest BCUT2D eigenvalue weighted by molar-refractivity contribution is -0.0593. The molecule has 0 amide bonds. The molecular weight excluding hydrogens is 184 g/mol. The molecule has 14 heavy (non-hydrogen) atoms. The number of benzene rings is 1. The fourth-order valence-electron chi connectivity index (χ4n) is 3.03. The third-order valence-electron chi connectivity index (χ3n) is 3.55. The van der Waals surface area contributed by atoms with E-state index in [1.165, 1.54) is 12.1 Å². The molecule has 0 aliphatic heterocycles. The maximum Gasteiger partial charge on any atom is 0.126 e. The van der Waals surface area contributed by atoms with Crippen molar-refractivity contribution in [1.29, 1.82) is 0 Å². The Labute approximate surface area is 80.9 Å². The first-order chi connectivity index (χ1) is 6.51. The summed E-state index contributed by atoms with van der Waals surface area (Å²) >= 11 is 0. The number of halogens is 2. The van der Waals surface area contributed by atoms with Gasteiger partial charge in [0.1, 0.15) is 11.6 Å². The predicted octanol–water partition coefficient (Wildman–Crippen LogP) is 2.10. The molecule has 0 aromatic heterocycles. The highest BCUT2D eigenvalue weighted by atomic mass is 19.1. The first-order valence-electron chi connectivity index (χ1n) is 4.77. The minimum Gasteiger partial charge on any atom is -0.325 e. The zero-order valence-corrected chi connectivity index (χ0v) is 7.69. The van der Waals surface area contributed by atoms with E-state index in [1.807, 2.05) is 0 Å². The summed E-state index contributed by atoms with van der Waals surface area (Å²) in [6.45, 7) is 0.